The summed E-state index contributed by atoms with van der Waals surface area (Å²) in [7, 11) is -3.77. The van der Waals surface area contributed by atoms with Crippen molar-refractivity contribution in [3.05, 3.63) is 59.7 Å². The summed E-state index contributed by atoms with van der Waals surface area (Å²) in [5.41, 5.74) is 1.05. The summed E-state index contributed by atoms with van der Waals surface area (Å²) in [5, 5.41) is 2.98. The number of morpholine rings is 1. The Kier molecular flexibility index (Phi) is 5.34. The number of amides is 1. The predicted molar refractivity (Wildman–Crippen MR) is 103 cm³/mol. The SMILES string of the molecule is O=C(N[C@H]1CCOc2ccccc21)c1ccccc1S(=O)(=O)N1CCOCC1. The van der Waals surface area contributed by atoms with Crippen LogP contribution in [0.1, 0.15) is 28.4 Å². The van der Waals surface area contributed by atoms with Gasteiger partial charge in [-0.05, 0) is 18.2 Å². The Morgan fingerprint density at radius 2 is 1.71 bits per heavy atom. The molecular formula is C20H22N2O5S. The van der Waals surface area contributed by atoms with Gasteiger partial charge in [-0.15, -0.1) is 0 Å². The zero-order valence-corrected chi connectivity index (χ0v) is 16.2. The number of nitrogens with zero attached hydrogens (tertiary/aromatic N) is 1. The molecule has 2 aliphatic heterocycles. The van der Waals surface area contributed by atoms with Gasteiger partial charge in [0, 0.05) is 25.1 Å². The lowest BCUT2D eigenvalue weighted by molar-refractivity contribution is 0.0729. The smallest absolute Gasteiger partial charge is 0.253 e. The molecule has 1 atom stereocenters. The Labute approximate surface area is 164 Å². The van der Waals surface area contributed by atoms with Crippen molar-refractivity contribution >= 4 is 15.9 Å². The van der Waals surface area contributed by atoms with Gasteiger partial charge in [-0.3, -0.25) is 4.79 Å². The van der Waals surface area contributed by atoms with Gasteiger partial charge in [-0.2, -0.15) is 4.31 Å². The molecule has 4 rings (SSSR count). The summed E-state index contributed by atoms with van der Waals surface area (Å²) in [5.74, 6) is 0.336. The standard InChI is InChI=1S/C20H22N2O5S/c23-20(21-17-9-12-27-18-7-3-1-5-15(17)18)16-6-2-4-8-19(16)28(24,25)22-10-13-26-14-11-22/h1-8,17H,9-14H2,(H,21,23)/t17-/m0/s1. The number of sulfonamides is 1. The zero-order chi connectivity index (χ0) is 19.6. The van der Waals surface area contributed by atoms with Gasteiger partial charge in [0.15, 0.2) is 0 Å². The molecule has 7 nitrogen and oxygen atoms in total. The summed E-state index contributed by atoms with van der Waals surface area (Å²) < 4.78 is 38.4. The molecule has 28 heavy (non-hydrogen) atoms. The van der Waals surface area contributed by atoms with Crippen LogP contribution in [0.4, 0.5) is 0 Å². The second kappa shape index (κ2) is 7.90. The molecule has 2 aliphatic rings. The van der Waals surface area contributed by atoms with Crippen molar-refractivity contribution in [3.8, 4) is 5.75 Å². The third-order valence-electron chi connectivity index (χ3n) is 4.98. The van der Waals surface area contributed by atoms with E-state index in [4.69, 9.17) is 9.47 Å². The van der Waals surface area contributed by atoms with Crippen LogP contribution in [0.3, 0.4) is 0 Å². The molecule has 1 fully saturated rings. The van der Waals surface area contributed by atoms with E-state index in [1.165, 1.54) is 10.4 Å². The van der Waals surface area contributed by atoms with E-state index in [0.717, 1.165) is 11.3 Å². The maximum atomic E-state index is 13.1. The first kappa shape index (κ1) is 18.9. The van der Waals surface area contributed by atoms with E-state index in [1.54, 1.807) is 18.2 Å². The highest BCUT2D eigenvalue weighted by atomic mass is 32.2. The lowest BCUT2D eigenvalue weighted by Crippen LogP contribution is -2.41. The van der Waals surface area contributed by atoms with Crippen LogP contribution >= 0.6 is 0 Å². The molecule has 2 aromatic carbocycles. The fourth-order valence-electron chi connectivity index (χ4n) is 3.53. The van der Waals surface area contributed by atoms with Gasteiger partial charge >= 0.3 is 0 Å². The van der Waals surface area contributed by atoms with Crippen LogP contribution in [0, 0.1) is 0 Å². The van der Waals surface area contributed by atoms with E-state index in [-0.39, 0.29) is 29.6 Å². The minimum Gasteiger partial charge on any atom is -0.493 e. The fraction of sp³-hybridized carbons (Fsp3) is 0.350. The first-order valence-electron chi connectivity index (χ1n) is 9.27. The Morgan fingerprint density at radius 3 is 2.54 bits per heavy atom. The van der Waals surface area contributed by atoms with Crippen LogP contribution < -0.4 is 10.1 Å². The molecule has 0 bridgehead atoms. The van der Waals surface area contributed by atoms with Crippen LogP contribution in [0.25, 0.3) is 0 Å². The Morgan fingerprint density at radius 1 is 1.00 bits per heavy atom. The monoisotopic (exact) mass is 402 g/mol. The van der Waals surface area contributed by atoms with Gasteiger partial charge in [0.05, 0.1) is 36.3 Å². The number of ether oxygens (including phenoxy) is 2. The molecule has 8 heteroatoms. The van der Waals surface area contributed by atoms with Gasteiger partial charge in [0.1, 0.15) is 5.75 Å². The van der Waals surface area contributed by atoms with Crippen LogP contribution in [-0.2, 0) is 14.8 Å². The highest BCUT2D eigenvalue weighted by Crippen LogP contribution is 2.32. The van der Waals surface area contributed by atoms with Crippen molar-refractivity contribution < 1.29 is 22.7 Å². The third kappa shape index (κ3) is 3.63. The summed E-state index contributed by atoms with van der Waals surface area (Å²) in [6.07, 6.45) is 0.626. The average Bonchev–Trinajstić information content (AvgIpc) is 2.74. The summed E-state index contributed by atoms with van der Waals surface area (Å²) in [6, 6.07) is 13.7. The quantitative estimate of drug-likeness (QED) is 0.845. The van der Waals surface area contributed by atoms with E-state index >= 15 is 0 Å². The lowest BCUT2D eigenvalue weighted by Gasteiger charge is -2.28. The van der Waals surface area contributed by atoms with E-state index < -0.39 is 15.9 Å². The number of rotatable bonds is 4. The number of para-hydroxylation sites is 1. The molecular weight excluding hydrogens is 380 g/mol. The molecule has 1 N–H and O–H groups in total. The van der Waals surface area contributed by atoms with Crippen LogP contribution in [0.15, 0.2) is 53.4 Å². The molecule has 148 valence electrons. The average molecular weight is 402 g/mol. The minimum absolute atomic E-state index is 0.0229. The molecule has 1 saturated heterocycles. The van der Waals surface area contributed by atoms with Crippen molar-refractivity contribution in [3.63, 3.8) is 0 Å². The highest BCUT2D eigenvalue weighted by Gasteiger charge is 2.31. The number of carbonyl (C=O) groups is 1. The topological polar surface area (TPSA) is 84.9 Å². The molecule has 0 radical (unpaired) electrons. The minimum atomic E-state index is -3.77. The number of nitrogens with one attached hydrogen (secondary N) is 1. The zero-order valence-electron chi connectivity index (χ0n) is 15.3. The van der Waals surface area contributed by atoms with Gasteiger partial charge < -0.3 is 14.8 Å². The highest BCUT2D eigenvalue weighted by molar-refractivity contribution is 7.89. The van der Waals surface area contributed by atoms with E-state index in [0.29, 0.717) is 26.2 Å². The van der Waals surface area contributed by atoms with E-state index in [9.17, 15) is 13.2 Å². The maximum absolute atomic E-state index is 13.1. The number of benzene rings is 2. The van der Waals surface area contributed by atoms with Crippen LogP contribution in [-0.4, -0.2) is 51.5 Å². The van der Waals surface area contributed by atoms with Gasteiger partial charge in [-0.1, -0.05) is 30.3 Å². The van der Waals surface area contributed by atoms with Crippen molar-refractivity contribution in [1.82, 2.24) is 9.62 Å². The predicted octanol–water partition coefficient (Wildman–Crippen LogP) is 1.96. The first-order valence-corrected chi connectivity index (χ1v) is 10.7. The lowest BCUT2D eigenvalue weighted by atomic mass is 10.00. The van der Waals surface area contributed by atoms with Crippen molar-refractivity contribution in [2.24, 2.45) is 0 Å². The summed E-state index contributed by atoms with van der Waals surface area (Å²) >= 11 is 0. The fourth-order valence-corrected chi connectivity index (χ4v) is 5.13. The number of fused-ring (bicyclic) bond motifs is 1. The molecule has 2 aromatic rings. The third-order valence-corrected chi connectivity index (χ3v) is 6.94. The van der Waals surface area contributed by atoms with Crippen molar-refractivity contribution in [2.45, 2.75) is 17.4 Å². The number of hydrogen-bond donors (Lipinski definition) is 1. The second-order valence-electron chi connectivity index (χ2n) is 6.71. The first-order chi connectivity index (χ1) is 13.6. The van der Waals surface area contributed by atoms with Crippen LogP contribution in [0.2, 0.25) is 0 Å². The molecule has 0 aliphatic carbocycles. The molecule has 0 aromatic heterocycles. The molecule has 1 amide bonds. The Bertz CT molecular complexity index is 970. The number of hydrogen-bond acceptors (Lipinski definition) is 5. The van der Waals surface area contributed by atoms with Crippen molar-refractivity contribution in [2.75, 3.05) is 32.9 Å². The maximum Gasteiger partial charge on any atom is 0.253 e. The van der Waals surface area contributed by atoms with Gasteiger partial charge in [0.25, 0.3) is 5.91 Å². The Hall–Kier alpha value is -2.42. The van der Waals surface area contributed by atoms with Crippen LogP contribution in [0.5, 0.6) is 5.75 Å². The molecule has 0 spiro atoms. The number of carbonyl (C=O) groups excluding carboxylic acids is 1. The van der Waals surface area contributed by atoms with Gasteiger partial charge in [0.2, 0.25) is 10.0 Å². The summed E-state index contributed by atoms with van der Waals surface area (Å²) in [6.45, 7) is 1.77. The van der Waals surface area contributed by atoms with E-state index in [2.05, 4.69) is 5.32 Å². The van der Waals surface area contributed by atoms with Crippen molar-refractivity contribution in [1.29, 1.82) is 0 Å². The summed E-state index contributed by atoms with van der Waals surface area (Å²) in [4.78, 5) is 13.0. The second-order valence-corrected chi connectivity index (χ2v) is 8.62. The Balaban J connectivity index is 1.61. The largest absolute Gasteiger partial charge is 0.493 e. The molecule has 2 heterocycles. The molecule has 0 saturated carbocycles. The molecule has 0 unspecified atom stereocenters. The normalized spacial score (nSPS) is 20.1. The van der Waals surface area contributed by atoms with E-state index in [1.807, 2.05) is 24.3 Å². The van der Waals surface area contributed by atoms with Gasteiger partial charge in [-0.25, -0.2) is 8.42 Å².